The molecule has 0 bridgehead atoms. The van der Waals surface area contributed by atoms with E-state index in [-0.39, 0.29) is 24.0 Å². The topological polar surface area (TPSA) is 63.4 Å². The SMILES string of the molecule is CCC(CO)CC[N+](=O)[O-]. The summed E-state index contributed by atoms with van der Waals surface area (Å²) in [5.41, 5.74) is 0. The van der Waals surface area contributed by atoms with E-state index in [9.17, 15) is 10.1 Å². The summed E-state index contributed by atoms with van der Waals surface area (Å²) in [5, 5.41) is 18.5. The van der Waals surface area contributed by atoms with Crippen molar-refractivity contribution in [3.63, 3.8) is 0 Å². The van der Waals surface area contributed by atoms with Crippen molar-refractivity contribution in [2.45, 2.75) is 19.8 Å². The number of aliphatic hydroxyl groups excluding tert-OH is 1. The third kappa shape index (κ3) is 4.26. The van der Waals surface area contributed by atoms with Gasteiger partial charge in [-0.05, 0) is 5.92 Å². The third-order valence-corrected chi connectivity index (χ3v) is 1.56. The fourth-order valence-corrected chi connectivity index (χ4v) is 0.712. The molecule has 0 aromatic rings. The lowest BCUT2D eigenvalue weighted by Gasteiger charge is -2.06. The number of aliphatic hydroxyl groups is 1. The number of rotatable bonds is 5. The van der Waals surface area contributed by atoms with Crippen molar-refractivity contribution in [1.29, 1.82) is 0 Å². The molecule has 0 aromatic heterocycles. The summed E-state index contributed by atoms with van der Waals surface area (Å²) in [6.45, 7) is 1.95. The highest BCUT2D eigenvalue weighted by atomic mass is 16.6. The van der Waals surface area contributed by atoms with Crippen LogP contribution < -0.4 is 0 Å². The van der Waals surface area contributed by atoms with Gasteiger partial charge in [0.05, 0.1) is 0 Å². The molecule has 0 heterocycles. The second-order valence-corrected chi connectivity index (χ2v) is 2.30. The molecule has 60 valence electrons. The van der Waals surface area contributed by atoms with Crippen LogP contribution in [-0.2, 0) is 0 Å². The molecule has 0 radical (unpaired) electrons. The van der Waals surface area contributed by atoms with Gasteiger partial charge in [-0.15, -0.1) is 0 Å². The Labute approximate surface area is 60.0 Å². The van der Waals surface area contributed by atoms with Gasteiger partial charge in [0.25, 0.3) is 0 Å². The number of hydrogen-bond donors (Lipinski definition) is 1. The minimum atomic E-state index is -0.349. The summed E-state index contributed by atoms with van der Waals surface area (Å²) in [6, 6.07) is 0. The molecular formula is C6H13NO3. The Balaban J connectivity index is 3.34. The molecule has 4 nitrogen and oxygen atoms in total. The number of hydrogen-bond acceptors (Lipinski definition) is 3. The second kappa shape index (κ2) is 5.17. The first kappa shape index (κ1) is 9.36. The summed E-state index contributed by atoms with van der Waals surface area (Å²) >= 11 is 0. The summed E-state index contributed by atoms with van der Waals surface area (Å²) < 4.78 is 0. The molecule has 0 aromatic carbocycles. The van der Waals surface area contributed by atoms with E-state index in [0.29, 0.717) is 6.42 Å². The van der Waals surface area contributed by atoms with Crippen molar-refractivity contribution in [1.82, 2.24) is 0 Å². The van der Waals surface area contributed by atoms with Crippen molar-refractivity contribution in [2.24, 2.45) is 5.92 Å². The predicted octanol–water partition coefficient (Wildman–Crippen LogP) is 0.672. The molecule has 0 aliphatic carbocycles. The van der Waals surface area contributed by atoms with Crippen LogP contribution in [0.1, 0.15) is 19.8 Å². The van der Waals surface area contributed by atoms with Gasteiger partial charge in [0.15, 0.2) is 0 Å². The predicted molar refractivity (Wildman–Crippen MR) is 37.3 cm³/mol. The Bertz CT molecular complexity index is 101. The fraction of sp³-hybridized carbons (Fsp3) is 1.00. The molecule has 0 amide bonds. The average Bonchev–Trinajstić information content (AvgIpc) is 1.90. The van der Waals surface area contributed by atoms with Gasteiger partial charge in [-0.3, -0.25) is 10.1 Å². The minimum Gasteiger partial charge on any atom is -0.396 e. The zero-order chi connectivity index (χ0) is 7.98. The molecule has 0 aliphatic rings. The van der Waals surface area contributed by atoms with Gasteiger partial charge in [0, 0.05) is 18.0 Å². The first-order chi connectivity index (χ1) is 4.70. The second-order valence-electron chi connectivity index (χ2n) is 2.30. The monoisotopic (exact) mass is 147 g/mol. The number of nitro groups is 1. The molecule has 0 rings (SSSR count). The fourth-order valence-electron chi connectivity index (χ4n) is 0.712. The Morgan fingerprint density at radius 2 is 2.30 bits per heavy atom. The van der Waals surface area contributed by atoms with Crippen molar-refractivity contribution in [3.8, 4) is 0 Å². The third-order valence-electron chi connectivity index (χ3n) is 1.56. The average molecular weight is 147 g/mol. The maximum absolute atomic E-state index is 9.86. The van der Waals surface area contributed by atoms with Crippen LogP contribution in [0.5, 0.6) is 0 Å². The molecule has 0 saturated heterocycles. The van der Waals surface area contributed by atoms with Gasteiger partial charge in [-0.2, -0.15) is 0 Å². The molecule has 1 atom stereocenters. The van der Waals surface area contributed by atoms with Crippen LogP contribution in [0.4, 0.5) is 0 Å². The van der Waals surface area contributed by atoms with Crippen LogP contribution in [-0.4, -0.2) is 23.2 Å². The zero-order valence-electron chi connectivity index (χ0n) is 6.12. The Morgan fingerprint density at radius 1 is 1.70 bits per heavy atom. The summed E-state index contributed by atoms with van der Waals surface area (Å²) in [7, 11) is 0. The largest absolute Gasteiger partial charge is 0.396 e. The quantitative estimate of drug-likeness (QED) is 0.459. The van der Waals surface area contributed by atoms with E-state index < -0.39 is 0 Å². The van der Waals surface area contributed by atoms with Gasteiger partial charge in [-0.1, -0.05) is 13.3 Å². The molecule has 1 unspecified atom stereocenters. The maximum atomic E-state index is 9.86. The highest BCUT2D eigenvalue weighted by Gasteiger charge is 2.07. The lowest BCUT2D eigenvalue weighted by Crippen LogP contribution is -2.11. The van der Waals surface area contributed by atoms with Gasteiger partial charge in [0.2, 0.25) is 6.54 Å². The Morgan fingerprint density at radius 3 is 2.60 bits per heavy atom. The smallest absolute Gasteiger partial charge is 0.204 e. The molecule has 0 aliphatic heterocycles. The van der Waals surface area contributed by atoms with Crippen LogP contribution in [0.25, 0.3) is 0 Å². The van der Waals surface area contributed by atoms with Crippen molar-refractivity contribution < 1.29 is 10.0 Å². The maximum Gasteiger partial charge on any atom is 0.204 e. The van der Waals surface area contributed by atoms with Crippen molar-refractivity contribution in [2.75, 3.05) is 13.2 Å². The van der Waals surface area contributed by atoms with Crippen LogP contribution in [0.2, 0.25) is 0 Å². The van der Waals surface area contributed by atoms with Gasteiger partial charge >= 0.3 is 0 Å². The molecule has 0 fully saturated rings. The zero-order valence-corrected chi connectivity index (χ0v) is 6.12. The summed E-state index contributed by atoms with van der Waals surface area (Å²) in [5.74, 6) is 0.102. The van der Waals surface area contributed by atoms with Crippen molar-refractivity contribution >= 4 is 0 Å². The van der Waals surface area contributed by atoms with Crippen LogP contribution in [0, 0.1) is 16.0 Å². The van der Waals surface area contributed by atoms with Crippen LogP contribution >= 0.6 is 0 Å². The van der Waals surface area contributed by atoms with Gasteiger partial charge in [-0.25, -0.2) is 0 Å². The molecular weight excluding hydrogens is 134 g/mol. The number of nitrogens with zero attached hydrogens (tertiary/aromatic N) is 1. The van der Waals surface area contributed by atoms with E-state index in [0.717, 1.165) is 6.42 Å². The normalized spacial score (nSPS) is 13.0. The van der Waals surface area contributed by atoms with E-state index in [4.69, 9.17) is 5.11 Å². The van der Waals surface area contributed by atoms with Crippen LogP contribution in [0.15, 0.2) is 0 Å². The van der Waals surface area contributed by atoms with E-state index in [1.54, 1.807) is 0 Å². The van der Waals surface area contributed by atoms with Gasteiger partial charge in [0.1, 0.15) is 0 Å². The van der Waals surface area contributed by atoms with Crippen molar-refractivity contribution in [3.05, 3.63) is 10.1 Å². The lowest BCUT2D eigenvalue weighted by molar-refractivity contribution is -0.481. The highest BCUT2D eigenvalue weighted by molar-refractivity contribution is 4.52. The van der Waals surface area contributed by atoms with Crippen LogP contribution in [0.3, 0.4) is 0 Å². The lowest BCUT2D eigenvalue weighted by atomic mass is 10.0. The van der Waals surface area contributed by atoms with Gasteiger partial charge < -0.3 is 5.11 Å². The first-order valence-electron chi connectivity index (χ1n) is 3.43. The molecule has 4 heteroatoms. The summed E-state index contributed by atoms with van der Waals surface area (Å²) in [6.07, 6.45) is 1.30. The molecule has 0 spiro atoms. The van der Waals surface area contributed by atoms with E-state index >= 15 is 0 Å². The Kier molecular flexibility index (Phi) is 4.84. The molecule has 0 saturated carbocycles. The van der Waals surface area contributed by atoms with E-state index in [2.05, 4.69) is 0 Å². The molecule has 1 N–H and O–H groups in total. The van der Waals surface area contributed by atoms with E-state index in [1.807, 2.05) is 6.92 Å². The Hall–Kier alpha value is -0.640. The molecule has 10 heavy (non-hydrogen) atoms. The highest BCUT2D eigenvalue weighted by Crippen LogP contribution is 2.05. The van der Waals surface area contributed by atoms with E-state index in [1.165, 1.54) is 0 Å². The summed E-state index contributed by atoms with van der Waals surface area (Å²) in [4.78, 5) is 9.51. The minimum absolute atomic E-state index is 0.0287. The standard InChI is InChI=1S/C6H13NO3/c1-2-6(5-8)3-4-7(9)10/h6,8H,2-5H2,1H3. The first-order valence-corrected chi connectivity index (χ1v) is 3.43.